The molecule has 0 aliphatic heterocycles. The van der Waals surface area contributed by atoms with Crippen molar-refractivity contribution >= 4 is 16.0 Å². The topological polar surface area (TPSA) is 85.5 Å². The first-order valence-electron chi connectivity index (χ1n) is 7.03. The molecule has 0 aliphatic rings. The fourth-order valence-corrected chi connectivity index (χ4v) is 2.84. The molecule has 0 unspecified atom stereocenters. The number of nitrogens with zero attached hydrogens (tertiary/aromatic N) is 2. The molecule has 7 heteroatoms. The van der Waals surface area contributed by atoms with E-state index in [9.17, 15) is 13.2 Å². The van der Waals surface area contributed by atoms with E-state index in [4.69, 9.17) is 4.55 Å². The van der Waals surface area contributed by atoms with Crippen molar-refractivity contribution < 1.29 is 22.2 Å². The maximum Gasteiger partial charge on any atom is 0.293 e. The van der Waals surface area contributed by atoms with Crippen molar-refractivity contribution in [1.82, 2.24) is 0 Å². The molecule has 0 saturated carbocycles. The molecule has 0 rings (SSSR count). The van der Waals surface area contributed by atoms with E-state index < -0.39 is 16.0 Å². The lowest BCUT2D eigenvalue weighted by atomic mass is 10.2. The minimum Gasteiger partial charge on any atom is -0.644 e. The van der Waals surface area contributed by atoms with Gasteiger partial charge in [0.05, 0.1) is 19.6 Å². The van der Waals surface area contributed by atoms with Gasteiger partial charge in [0, 0.05) is 0 Å². The van der Waals surface area contributed by atoms with E-state index in [-0.39, 0.29) is 10.2 Å². The van der Waals surface area contributed by atoms with Gasteiger partial charge in [-0.15, -0.1) is 6.54 Å². The van der Waals surface area contributed by atoms with E-state index in [2.05, 4.69) is 5.32 Å². The molecule has 0 aromatic heterocycles. The third-order valence-corrected chi connectivity index (χ3v) is 3.85. The fraction of sp³-hybridized carbons (Fsp3) is 0.769. The Labute approximate surface area is 122 Å². The van der Waals surface area contributed by atoms with Gasteiger partial charge in [-0.2, -0.15) is 8.42 Å². The van der Waals surface area contributed by atoms with Gasteiger partial charge in [-0.05, 0) is 20.3 Å². The Kier molecular flexibility index (Phi) is 8.00. The van der Waals surface area contributed by atoms with Crippen LogP contribution in [0, 0.1) is 0 Å². The van der Waals surface area contributed by atoms with Crippen LogP contribution in [0.4, 0.5) is 0 Å². The van der Waals surface area contributed by atoms with Crippen LogP contribution in [0.3, 0.4) is 0 Å². The lowest BCUT2D eigenvalue weighted by Crippen LogP contribution is -2.49. The zero-order chi connectivity index (χ0) is 15.8. The Balaban J connectivity index is 5.72. The zero-order valence-corrected chi connectivity index (χ0v) is 13.6. The van der Waals surface area contributed by atoms with Crippen molar-refractivity contribution in [3.8, 4) is 0 Å². The molecular formula is C13H26N2O4S. The summed E-state index contributed by atoms with van der Waals surface area (Å²) in [5.41, 5.74) is 0.0489. The van der Waals surface area contributed by atoms with Gasteiger partial charge in [-0.3, -0.25) is 9.04 Å². The Bertz CT molecular complexity index is 439. The van der Waals surface area contributed by atoms with Gasteiger partial charge in [0.25, 0.3) is 10.1 Å². The highest BCUT2D eigenvalue weighted by Crippen LogP contribution is 2.22. The van der Waals surface area contributed by atoms with E-state index in [1.54, 1.807) is 0 Å². The Morgan fingerprint density at radius 1 is 1.15 bits per heavy atom. The summed E-state index contributed by atoms with van der Waals surface area (Å²) in [4.78, 5) is 12.2. The van der Waals surface area contributed by atoms with E-state index in [1.807, 2.05) is 27.7 Å². The fourth-order valence-electron chi connectivity index (χ4n) is 2.23. The third-order valence-electron chi connectivity index (χ3n) is 3.33. The summed E-state index contributed by atoms with van der Waals surface area (Å²) >= 11 is 0. The summed E-state index contributed by atoms with van der Waals surface area (Å²) in [5.74, 6) is -0.554. The predicted molar refractivity (Wildman–Crippen MR) is 79.7 cm³/mol. The van der Waals surface area contributed by atoms with Crippen LogP contribution in [0.2, 0.25) is 0 Å². The van der Waals surface area contributed by atoms with E-state index in [1.165, 1.54) is 0 Å². The molecule has 6 nitrogen and oxygen atoms in total. The SMILES string of the molecule is CCC[N-]C(=O)C(=CS(=O)(=O)O)[N+](CC)(CC)CCC. The summed E-state index contributed by atoms with van der Waals surface area (Å²) in [7, 11) is -4.37. The molecule has 0 fully saturated rings. The van der Waals surface area contributed by atoms with Crippen molar-refractivity contribution in [3.63, 3.8) is 0 Å². The highest BCUT2D eigenvalue weighted by molar-refractivity contribution is 7.88. The van der Waals surface area contributed by atoms with Crippen LogP contribution in [0.25, 0.3) is 5.32 Å². The van der Waals surface area contributed by atoms with Crippen LogP contribution < -0.4 is 0 Å². The number of likely N-dealkylation sites (N-methyl/N-ethyl adjacent to an activating group) is 1. The van der Waals surface area contributed by atoms with Gasteiger partial charge in [0.1, 0.15) is 11.3 Å². The number of carbonyl (C=O) groups is 1. The number of carbonyl (C=O) groups excluding carboxylic acids is 1. The highest BCUT2D eigenvalue weighted by Gasteiger charge is 2.31. The number of amides is 1. The molecule has 0 heterocycles. The summed E-state index contributed by atoms with van der Waals surface area (Å²) in [6.07, 6.45) is 1.50. The predicted octanol–water partition coefficient (Wildman–Crippen LogP) is 2.29. The Hall–Kier alpha value is -0.920. The number of hydrogen-bond donors (Lipinski definition) is 1. The molecular weight excluding hydrogens is 280 g/mol. The average Bonchev–Trinajstić information content (AvgIpc) is 2.39. The lowest BCUT2D eigenvalue weighted by Gasteiger charge is -2.39. The second kappa shape index (κ2) is 8.39. The maximum absolute atomic E-state index is 12.2. The minimum atomic E-state index is -4.37. The van der Waals surface area contributed by atoms with Crippen LogP contribution in [-0.2, 0) is 14.9 Å². The van der Waals surface area contributed by atoms with E-state index in [0.29, 0.717) is 38.0 Å². The third kappa shape index (κ3) is 5.60. The minimum absolute atomic E-state index is 0.0489. The normalized spacial score (nSPS) is 13.3. The van der Waals surface area contributed by atoms with Gasteiger partial charge in [0.15, 0.2) is 5.70 Å². The van der Waals surface area contributed by atoms with Gasteiger partial charge < -0.3 is 10.1 Å². The summed E-state index contributed by atoms with van der Waals surface area (Å²) < 4.78 is 31.6. The van der Waals surface area contributed by atoms with Crippen LogP contribution >= 0.6 is 0 Å². The van der Waals surface area contributed by atoms with Crippen molar-refractivity contribution in [1.29, 1.82) is 0 Å². The smallest absolute Gasteiger partial charge is 0.293 e. The van der Waals surface area contributed by atoms with Crippen molar-refractivity contribution in [3.05, 3.63) is 16.4 Å². The van der Waals surface area contributed by atoms with Crippen molar-refractivity contribution in [2.75, 3.05) is 26.2 Å². The van der Waals surface area contributed by atoms with Gasteiger partial charge in [0.2, 0.25) is 0 Å². The molecule has 0 aliphatic carbocycles. The largest absolute Gasteiger partial charge is 0.644 e. The molecule has 1 amide bonds. The van der Waals surface area contributed by atoms with Crippen LogP contribution in [0.5, 0.6) is 0 Å². The molecule has 0 bridgehead atoms. The summed E-state index contributed by atoms with van der Waals surface area (Å²) in [6, 6.07) is 0. The quantitative estimate of drug-likeness (QED) is 0.402. The number of rotatable bonds is 9. The Morgan fingerprint density at radius 2 is 1.70 bits per heavy atom. The molecule has 0 saturated heterocycles. The molecule has 0 radical (unpaired) electrons. The maximum atomic E-state index is 12.2. The van der Waals surface area contributed by atoms with Crippen LogP contribution in [0.15, 0.2) is 11.1 Å². The monoisotopic (exact) mass is 306 g/mol. The molecule has 0 aromatic carbocycles. The highest BCUT2D eigenvalue weighted by atomic mass is 32.2. The number of hydrogen-bond acceptors (Lipinski definition) is 3. The van der Waals surface area contributed by atoms with Crippen molar-refractivity contribution in [2.45, 2.75) is 40.5 Å². The lowest BCUT2D eigenvalue weighted by molar-refractivity contribution is -0.884. The van der Waals surface area contributed by atoms with Crippen LogP contribution in [0.1, 0.15) is 40.5 Å². The second-order valence-electron chi connectivity index (χ2n) is 4.71. The van der Waals surface area contributed by atoms with Gasteiger partial charge >= 0.3 is 0 Å². The molecule has 0 atom stereocenters. The molecule has 118 valence electrons. The van der Waals surface area contributed by atoms with Crippen LogP contribution in [-0.4, -0.2) is 49.5 Å². The molecule has 0 aromatic rings. The summed E-state index contributed by atoms with van der Waals surface area (Å²) in [5, 5.41) is 4.54. The first-order valence-corrected chi connectivity index (χ1v) is 8.54. The zero-order valence-electron chi connectivity index (χ0n) is 12.8. The second-order valence-corrected chi connectivity index (χ2v) is 5.97. The van der Waals surface area contributed by atoms with Gasteiger partial charge in [-0.25, -0.2) is 0 Å². The first-order chi connectivity index (χ1) is 9.26. The van der Waals surface area contributed by atoms with Gasteiger partial charge in [-0.1, -0.05) is 20.3 Å². The van der Waals surface area contributed by atoms with E-state index in [0.717, 1.165) is 6.42 Å². The number of quaternary nitrogens is 1. The Morgan fingerprint density at radius 3 is 2.05 bits per heavy atom. The molecule has 20 heavy (non-hydrogen) atoms. The van der Waals surface area contributed by atoms with Crippen molar-refractivity contribution in [2.24, 2.45) is 0 Å². The van der Waals surface area contributed by atoms with E-state index >= 15 is 0 Å². The first kappa shape index (κ1) is 19.1. The standard InChI is InChI=1S/C13H26N2O4S/c1-5-9-14-13(16)12(11-20(17,18)19)15(7-3,8-4)10-6-2/h11H,5-10H2,1-4H3,(H-,14,16,17,18,19). The average molecular weight is 306 g/mol. The summed E-state index contributed by atoms with van der Waals surface area (Å²) in [6.45, 7) is 9.75. The molecule has 1 N–H and O–H groups in total. The molecule has 0 spiro atoms.